The van der Waals surface area contributed by atoms with Crippen LogP contribution in [0, 0.1) is 5.92 Å². The summed E-state index contributed by atoms with van der Waals surface area (Å²) in [6.07, 6.45) is 8.09. The fraction of sp³-hybridized carbons (Fsp3) is 0.929. The molecule has 2 atom stereocenters. The Labute approximate surface area is 105 Å². The molecule has 1 N–H and O–H groups in total. The zero-order valence-corrected chi connectivity index (χ0v) is 11.1. The number of hydrogen-bond acceptors (Lipinski definition) is 2. The molecule has 2 heterocycles. The van der Waals surface area contributed by atoms with E-state index in [1.807, 2.05) is 0 Å². The van der Waals surface area contributed by atoms with Crippen LogP contribution < -0.4 is 5.32 Å². The van der Waals surface area contributed by atoms with Gasteiger partial charge in [0.15, 0.2) is 0 Å². The maximum absolute atomic E-state index is 11.9. The van der Waals surface area contributed by atoms with Crippen molar-refractivity contribution < 1.29 is 4.79 Å². The number of nitrogens with zero attached hydrogens (tertiary/aromatic N) is 1. The quantitative estimate of drug-likeness (QED) is 0.814. The molecular weight excluding hydrogens is 212 g/mol. The topological polar surface area (TPSA) is 32.3 Å². The highest BCUT2D eigenvalue weighted by molar-refractivity contribution is 5.76. The first-order valence-corrected chi connectivity index (χ1v) is 7.27. The molecule has 0 aromatic heterocycles. The van der Waals surface area contributed by atoms with Gasteiger partial charge in [0.2, 0.25) is 5.91 Å². The lowest BCUT2D eigenvalue weighted by atomic mass is 10.0. The maximum atomic E-state index is 11.9. The van der Waals surface area contributed by atoms with E-state index in [9.17, 15) is 4.79 Å². The van der Waals surface area contributed by atoms with Crippen molar-refractivity contribution in [3.8, 4) is 0 Å². The number of hydrogen-bond donors (Lipinski definition) is 1. The molecule has 2 unspecified atom stereocenters. The minimum Gasteiger partial charge on any atom is -0.343 e. The van der Waals surface area contributed by atoms with Gasteiger partial charge in [-0.2, -0.15) is 0 Å². The van der Waals surface area contributed by atoms with Gasteiger partial charge in [-0.1, -0.05) is 6.92 Å². The molecule has 0 aromatic carbocycles. The highest BCUT2D eigenvalue weighted by Gasteiger charge is 2.20. The van der Waals surface area contributed by atoms with Gasteiger partial charge in [0, 0.05) is 25.6 Å². The maximum Gasteiger partial charge on any atom is 0.222 e. The molecule has 2 aliphatic rings. The van der Waals surface area contributed by atoms with E-state index >= 15 is 0 Å². The number of carbonyl (C=O) groups excluding carboxylic acids is 1. The molecule has 1 amide bonds. The average molecular weight is 238 g/mol. The summed E-state index contributed by atoms with van der Waals surface area (Å²) in [6.45, 7) is 5.41. The van der Waals surface area contributed by atoms with Crippen LogP contribution in [0.15, 0.2) is 0 Å². The standard InChI is InChI=1S/C14H26N2O/c1-12-6-7-14(17)16(11-8-12)10-3-5-13-4-2-9-15-13/h12-13,15H,2-11H2,1H3. The summed E-state index contributed by atoms with van der Waals surface area (Å²) >= 11 is 0. The zero-order chi connectivity index (χ0) is 12.1. The Kier molecular flexibility index (Phi) is 4.84. The van der Waals surface area contributed by atoms with Gasteiger partial charge < -0.3 is 10.2 Å². The van der Waals surface area contributed by atoms with Crippen molar-refractivity contribution in [1.29, 1.82) is 0 Å². The largest absolute Gasteiger partial charge is 0.343 e. The second-order valence-corrected chi connectivity index (χ2v) is 5.75. The van der Waals surface area contributed by atoms with Crippen LogP contribution in [0.1, 0.15) is 51.9 Å². The van der Waals surface area contributed by atoms with E-state index in [4.69, 9.17) is 0 Å². The Morgan fingerprint density at radius 2 is 2.24 bits per heavy atom. The van der Waals surface area contributed by atoms with Crippen molar-refractivity contribution in [3.63, 3.8) is 0 Å². The lowest BCUT2D eigenvalue weighted by molar-refractivity contribution is -0.130. The minimum atomic E-state index is 0.383. The number of likely N-dealkylation sites (tertiary alicyclic amines) is 1. The summed E-state index contributed by atoms with van der Waals surface area (Å²) in [5.74, 6) is 1.11. The second-order valence-electron chi connectivity index (χ2n) is 5.75. The monoisotopic (exact) mass is 238 g/mol. The number of rotatable bonds is 4. The highest BCUT2D eigenvalue weighted by atomic mass is 16.2. The van der Waals surface area contributed by atoms with Gasteiger partial charge in [-0.3, -0.25) is 4.79 Å². The molecule has 0 saturated carbocycles. The summed E-state index contributed by atoms with van der Waals surface area (Å²) < 4.78 is 0. The van der Waals surface area contributed by atoms with E-state index in [-0.39, 0.29) is 0 Å². The lowest BCUT2D eigenvalue weighted by Crippen LogP contribution is -2.32. The first kappa shape index (κ1) is 12.9. The predicted octanol–water partition coefficient (Wildman–Crippen LogP) is 2.17. The third-order valence-corrected chi connectivity index (χ3v) is 4.24. The van der Waals surface area contributed by atoms with Crippen molar-refractivity contribution in [1.82, 2.24) is 10.2 Å². The third-order valence-electron chi connectivity index (χ3n) is 4.24. The number of nitrogens with one attached hydrogen (secondary N) is 1. The molecule has 0 spiro atoms. The van der Waals surface area contributed by atoms with Crippen molar-refractivity contribution >= 4 is 5.91 Å². The number of amides is 1. The van der Waals surface area contributed by atoms with E-state index in [1.54, 1.807) is 0 Å². The van der Waals surface area contributed by atoms with E-state index in [2.05, 4.69) is 17.1 Å². The van der Waals surface area contributed by atoms with E-state index in [1.165, 1.54) is 32.2 Å². The van der Waals surface area contributed by atoms with Crippen LogP contribution in [-0.2, 0) is 4.79 Å². The molecule has 2 rings (SSSR count). The van der Waals surface area contributed by atoms with E-state index < -0.39 is 0 Å². The van der Waals surface area contributed by atoms with Crippen LogP contribution in [0.5, 0.6) is 0 Å². The Hall–Kier alpha value is -0.570. The minimum absolute atomic E-state index is 0.383. The zero-order valence-electron chi connectivity index (χ0n) is 11.1. The third kappa shape index (κ3) is 3.98. The summed E-state index contributed by atoms with van der Waals surface area (Å²) in [4.78, 5) is 14.0. The van der Waals surface area contributed by atoms with Crippen LogP contribution in [0.3, 0.4) is 0 Å². The molecule has 0 aromatic rings. The Morgan fingerprint density at radius 1 is 1.35 bits per heavy atom. The molecule has 17 heavy (non-hydrogen) atoms. The Balaban J connectivity index is 1.67. The molecule has 98 valence electrons. The number of carbonyl (C=O) groups is 1. The van der Waals surface area contributed by atoms with Crippen LogP contribution in [0.4, 0.5) is 0 Å². The molecular formula is C14H26N2O. The van der Waals surface area contributed by atoms with Gasteiger partial charge in [-0.05, 0) is 51.0 Å². The molecule has 2 fully saturated rings. The first-order valence-electron chi connectivity index (χ1n) is 7.27. The Bertz CT molecular complexity index is 249. The van der Waals surface area contributed by atoms with Crippen LogP contribution in [-0.4, -0.2) is 36.5 Å². The lowest BCUT2D eigenvalue weighted by Gasteiger charge is -2.21. The predicted molar refractivity (Wildman–Crippen MR) is 69.9 cm³/mol. The molecule has 2 aliphatic heterocycles. The molecule has 2 saturated heterocycles. The van der Waals surface area contributed by atoms with Gasteiger partial charge in [0.05, 0.1) is 0 Å². The average Bonchev–Trinajstić information content (AvgIpc) is 2.78. The van der Waals surface area contributed by atoms with Crippen LogP contribution >= 0.6 is 0 Å². The summed E-state index contributed by atoms with van der Waals surface area (Å²) in [5.41, 5.74) is 0. The SMILES string of the molecule is CC1CCC(=O)N(CCCC2CCCN2)CC1. The summed E-state index contributed by atoms with van der Waals surface area (Å²) in [6, 6.07) is 0.719. The van der Waals surface area contributed by atoms with Crippen molar-refractivity contribution in [2.24, 2.45) is 5.92 Å². The van der Waals surface area contributed by atoms with Crippen LogP contribution in [0.2, 0.25) is 0 Å². The van der Waals surface area contributed by atoms with Crippen molar-refractivity contribution in [2.45, 2.75) is 57.9 Å². The van der Waals surface area contributed by atoms with Gasteiger partial charge in [0.25, 0.3) is 0 Å². The van der Waals surface area contributed by atoms with E-state index in [0.717, 1.165) is 44.3 Å². The van der Waals surface area contributed by atoms with Crippen molar-refractivity contribution in [3.05, 3.63) is 0 Å². The molecule has 0 radical (unpaired) electrons. The fourth-order valence-corrected chi connectivity index (χ4v) is 2.94. The van der Waals surface area contributed by atoms with E-state index in [0.29, 0.717) is 5.91 Å². The molecule has 3 nitrogen and oxygen atoms in total. The van der Waals surface area contributed by atoms with Gasteiger partial charge in [0.1, 0.15) is 0 Å². The van der Waals surface area contributed by atoms with Gasteiger partial charge in [-0.15, -0.1) is 0 Å². The van der Waals surface area contributed by atoms with Crippen molar-refractivity contribution in [2.75, 3.05) is 19.6 Å². The second kappa shape index (κ2) is 6.39. The smallest absolute Gasteiger partial charge is 0.222 e. The first-order chi connectivity index (χ1) is 8.25. The molecule has 0 bridgehead atoms. The normalized spacial score (nSPS) is 30.6. The summed E-state index contributed by atoms with van der Waals surface area (Å²) in [5, 5.41) is 3.52. The molecule has 3 heteroatoms. The van der Waals surface area contributed by atoms with Gasteiger partial charge in [-0.25, -0.2) is 0 Å². The van der Waals surface area contributed by atoms with Gasteiger partial charge >= 0.3 is 0 Å². The Morgan fingerprint density at radius 3 is 3.00 bits per heavy atom. The fourth-order valence-electron chi connectivity index (χ4n) is 2.94. The van der Waals surface area contributed by atoms with Crippen LogP contribution in [0.25, 0.3) is 0 Å². The highest BCUT2D eigenvalue weighted by Crippen LogP contribution is 2.18. The summed E-state index contributed by atoms with van der Waals surface area (Å²) in [7, 11) is 0. The molecule has 0 aliphatic carbocycles.